The van der Waals surface area contributed by atoms with Gasteiger partial charge in [0.05, 0.1) is 19.0 Å². The standard InChI is InChI=1S/C19H17Cl2N3O2S/c1-12-11-27-19(23-12)24-22-9-13-3-6-17(18(7-13)25-2)26-10-14-4-5-15(20)8-16(14)21/h3-9,11H,10H2,1-2H3,(H,23,24)/b22-9-. The van der Waals surface area contributed by atoms with Gasteiger partial charge in [-0.2, -0.15) is 5.10 Å². The van der Waals surface area contributed by atoms with Crippen LogP contribution < -0.4 is 14.9 Å². The molecule has 5 nitrogen and oxygen atoms in total. The summed E-state index contributed by atoms with van der Waals surface area (Å²) < 4.78 is 11.3. The van der Waals surface area contributed by atoms with Gasteiger partial charge in [0.2, 0.25) is 5.13 Å². The van der Waals surface area contributed by atoms with Crippen molar-refractivity contribution < 1.29 is 9.47 Å². The summed E-state index contributed by atoms with van der Waals surface area (Å²) in [5, 5.41) is 8.05. The Morgan fingerprint density at radius 3 is 2.74 bits per heavy atom. The normalized spacial score (nSPS) is 11.0. The third-order valence-electron chi connectivity index (χ3n) is 3.58. The second-order valence-electron chi connectivity index (χ2n) is 5.60. The third-order valence-corrected chi connectivity index (χ3v) is 5.03. The van der Waals surface area contributed by atoms with Gasteiger partial charge >= 0.3 is 0 Å². The van der Waals surface area contributed by atoms with Crippen molar-refractivity contribution >= 4 is 45.9 Å². The Hall–Kier alpha value is -2.28. The maximum atomic E-state index is 6.18. The molecule has 0 amide bonds. The molecule has 3 rings (SSSR count). The van der Waals surface area contributed by atoms with Gasteiger partial charge in [0, 0.05) is 21.0 Å². The number of thiazole rings is 1. The van der Waals surface area contributed by atoms with Crippen LogP contribution in [0, 0.1) is 6.92 Å². The fraction of sp³-hybridized carbons (Fsp3) is 0.158. The van der Waals surface area contributed by atoms with Gasteiger partial charge in [-0.3, -0.25) is 5.43 Å². The lowest BCUT2D eigenvalue weighted by Crippen LogP contribution is -1.99. The molecule has 0 saturated carbocycles. The second kappa shape index (κ2) is 9.08. The van der Waals surface area contributed by atoms with Crippen molar-refractivity contribution in [2.24, 2.45) is 5.10 Å². The number of hydrogen-bond acceptors (Lipinski definition) is 6. The number of nitrogens with zero attached hydrogens (tertiary/aromatic N) is 2. The molecule has 3 aromatic rings. The lowest BCUT2D eigenvalue weighted by Gasteiger charge is -2.12. The zero-order chi connectivity index (χ0) is 19.2. The van der Waals surface area contributed by atoms with Crippen LogP contribution in [0.5, 0.6) is 11.5 Å². The third kappa shape index (κ3) is 5.35. The van der Waals surface area contributed by atoms with Crippen molar-refractivity contribution in [2.75, 3.05) is 12.5 Å². The zero-order valence-electron chi connectivity index (χ0n) is 14.7. The Morgan fingerprint density at radius 2 is 2.04 bits per heavy atom. The van der Waals surface area contributed by atoms with Crippen molar-refractivity contribution in [3.8, 4) is 11.5 Å². The van der Waals surface area contributed by atoms with E-state index in [1.54, 1.807) is 25.5 Å². The number of anilines is 1. The monoisotopic (exact) mass is 421 g/mol. The van der Waals surface area contributed by atoms with E-state index in [1.807, 2.05) is 36.6 Å². The van der Waals surface area contributed by atoms with E-state index in [0.717, 1.165) is 22.0 Å². The van der Waals surface area contributed by atoms with Crippen LogP contribution in [-0.2, 0) is 6.61 Å². The summed E-state index contributed by atoms with van der Waals surface area (Å²) in [5.74, 6) is 1.22. The number of aryl methyl sites for hydroxylation is 1. The smallest absolute Gasteiger partial charge is 0.203 e. The van der Waals surface area contributed by atoms with Crippen molar-refractivity contribution in [1.82, 2.24) is 4.98 Å². The Balaban J connectivity index is 1.66. The molecule has 1 heterocycles. The Labute approximate surface area is 171 Å². The Kier molecular flexibility index (Phi) is 6.55. The fourth-order valence-corrected chi connectivity index (χ4v) is 3.35. The molecule has 0 aliphatic carbocycles. The van der Waals surface area contributed by atoms with E-state index >= 15 is 0 Å². The van der Waals surface area contributed by atoms with Gasteiger partial charge < -0.3 is 9.47 Å². The number of benzene rings is 2. The number of methoxy groups -OCH3 is 1. The van der Waals surface area contributed by atoms with Crippen LogP contribution in [0.2, 0.25) is 10.0 Å². The molecule has 140 valence electrons. The van der Waals surface area contributed by atoms with Gasteiger partial charge in [-0.25, -0.2) is 4.98 Å². The number of halogens is 2. The Morgan fingerprint density at radius 1 is 1.19 bits per heavy atom. The summed E-state index contributed by atoms with van der Waals surface area (Å²) in [6.45, 7) is 2.25. The molecular weight excluding hydrogens is 405 g/mol. The average molecular weight is 422 g/mol. The molecule has 8 heteroatoms. The number of hydrogen-bond donors (Lipinski definition) is 1. The first-order chi connectivity index (χ1) is 13.0. The van der Waals surface area contributed by atoms with Gasteiger partial charge in [-0.15, -0.1) is 11.3 Å². The van der Waals surface area contributed by atoms with Crippen molar-refractivity contribution in [3.05, 3.63) is 68.6 Å². The van der Waals surface area contributed by atoms with E-state index in [-0.39, 0.29) is 0 Å². The molecule has 1 aromatic heterocycles. The van der Waals surface area contributed by atoms with Crippen molar-refractivity contribution in [2.45, 2.75) is 13.5 Å². The van der Waals surface area contributed by atoms with E-state index < -0.39 is 0 Å². The SMILES string of the molecule is COc1cc(/C=N\Nc2nc(C)cs2)ccc1OCc1ccc(Cl)cc1Cl. The minimum absolute atomic E-state index is 0.310. The molecule has 0 bridgehead atoms. The van der Waals surface area contributed by atoms with Crippen molar-refractivity contribution in [3.63, 3.8) is 0 Å². The van der Waals surface area contributed by atoms with Gasteiger partial charge in [-0.05, 0) is 42.8 Å². The molecule has 0 spiro atoms. The van der Waals surface area contributed by atoms with E-state index in [9.17, 15) is 0 Å². The molecule has 0 fully saturated rings. The highest BCUT2D eigenvalue weighted by Gasteiger charge is 2.08. The molecule has 0 saturated heterocycles. The summed E-state index contributed by atoms with van der Waals surface area (Å²) >= 11 is 13.6. The van der Waals surface area contributed by atoms with Gasteiger partial charge in [-0.1, -0.05) is 29.3 Å². The van der Waals surface area contributed by atoms with E-state index in [1.165, 1.54) is 11.3 Å². The Bertz CT molecular complexity index is 960. The quantitative estimate of drug-likeness (QED) is 0.387. The number of hydrazone groups is 1. The number of aromatic nitrogens is 1. The lowest BCUT2D eigenvalue weighted by molar-refractivity contribution is 0.284. The minimum atomic E-state index is 0.310. The highest BCUT2D eigenvalue weighted by Crippen LogP contribution is 2.30. The van der Waals surface area contributed by atoms with Crippen LogP contribution in [0.4, 0.5) is 5.13 Å². The highest BCUT2D eigenvalue weighted by molar-refractivity contribution is 7.13. The van der Waals surface area contributed by atoms with Crippen LogP contribution in [0.1, 0.15) is 16.8 Å². The molecule has 1 N–H and O–H groups in total. The molecule has 0 aliphatic heterocycles. The van der Waals surface area contributed by atoms with Crippen LogP contribution in [0.25, 0.3) is 0 Å². The second-order valence-corrected chi connectivity index (χ2v) is 7.30. The predicted molar refractivity (Wildman–Crippen MR) is 112 cm³/mol. The topological polar surface area (TPSA) is 55.7 Å². The molecule has 0 radical (unpaired) electrons. The first-order valence-corrected chi connectivity index (χ1v) is 9.64. The molecule has 0 unspecified atom stereocenters. The molecule has 0 aliphatic rings. The molecule has 0 atom stereocenters. The van der Waals surface area contributed by atoms with E-state index in [4.69, 9.17) is 32.7 Å². The predicted octanol–water partition coefficient (Wildman–Crippen LogP) is 5.79. The summed E-state index contributed by atoms with van der Waals surface area (Å²) in [6.07, 6.45) is 1.69. The van der Waals surface area contributed by atoms with Crippen LogP contribution in [-0.4, -0.2) is 18.3 Å². The molecule has 2 aromatic carbocycles. The first kappa shape index (κ1) is 19.5. The average Bonchev–Trinajstić information content (AvgIpc) is 3.06. The molecular formula is C19H17Cl2N3O2S. The first-order valence-electron chi connectivity index (χ1n) is 8.01. The fourth-order valence-electron chi connectivity index (χ4n) is 2.25. The number of ether oxygens (including phenoxy) is 2. The number of rotatable bonds is 7. The summed E-state index contributed by atoms with van der Waals surface area (Å²) in [7, 11) is 1.59. The highest BCUT2D eigenvalue weighted by atomic mass is 35.5. The van der Waals surface area contributed by atoms with Gasteiger partial charge in [0.15, 0.2) is 11.5 Å². The van der Waals surface area contributed by atoms with E-state index in [2.05, 4.69) is 15.5 Å². The van der Waals surface area contributed by atoms with Crippen molar-refractivity contribution in [1.29, 1.82) is 0 Å². The summed E-state index contributed by atoms with van der Waals surface area (Å²) in [6, 6.07) is 10.9. The minimum Gasteiger partial charge on any atom is -0.493 e. The number of nitrogens with one attached hydrogen (secondary N) is 1. The van der Waals surface area contributed by atoms with Crippen LogP contribution >= 0.6 is 34.5 Å². The van der Waals surface area contributed by atoms with E-state index in [0.29, 0.717) is 28.2 Å². The van der Waals surface area contributed by atoms with Gasteiger partial charge in [0.1, 0.15) is 6.61 Å². The van der Waals surface area contributed by atoms with Gasteiger partial charge in [0.25, 0.3) is 0 Å². The summed E-state index contributed by atoms with van der Waals surface area (Å²) in [5.41, 5.74) is 5.57. The van der Waals surface area contributed by atoms with Crippen LogP contribution in [0.3, 0.4) is 0 Å². The maximum absolute atomic E-state index is 6.18. The maximum Gasteiger partial charge on any atom is 0.203 e. The largest absolute Gasteiger partial charge is 0.493 e. The zero-order valence-corrected chi connectivity index (χ0v) is 17.0. The van der Waals surface area contributed by atoms with Crippen LogP contribution in [0.15, 0.2) is 46.9 Å². The lowest BCUT2D eigenvalue weighted by atomic mass is 10.2. The summed E-state index contributed by atoms with van der Waals surface area (Å²) in [4.78, 5) is 4.29. The molecule has 27 heavy (non-hydrogen) atoms.